The van der Waals surface area contributed by atoms with E-state index in [0.717, 1.165) is 0 Å². The van der Waals surface area contributed by atoms with Crippen molar-refractivity contribution in [2.75, 3.05) is 6.54 Å². The van der Waals surface area contributed by atoms with E-state index in [9.17, 15) is 0 Å². The van der Waals surface area contributed by atoms with E-state index in [-0.39, 0.29) is 20.9 Å². The van der Waals surface area contributed by atoms with Crippen molar-refractivity contribution in [3.8, 4) is 0 Å². The van der Waals surface area contributed by atoms with Crippen LogP contribution in [-0.4, -0.2) is 27.5 Å². The van der Waals surface area contributed by atoms with Gasteiger partial charge in [0, 0.05) is 0 Å². The molecule has 0 unspecified atom stereocenters. The molecule has 2 heteroatoms. The predicted molar refractivity (Wildman–Crippen MR) is 21.8 cm³/mol. The number of nitrogens with one attached hydrogen (secondary N) is 1. The summed E-state index contributed by atoms with van der Waals surface area (Å²) in [5.41, 5.74) is 0. The first kappa shape index (κ1) is 3.92. The molecule has 1 heterocycles. The molecule has 1 aliphatic heterocycles. The van der Waals surface area contributed by atoms with Gasteiger partial charge in [0.1, 0.15) is 0 Å². The van der Waals surface area contributed by atoms with Gasteiger partial charge >= 0.3 is 41.8 Å². The summed E-state index contributed by atoms with van der Waals surface area (Å²) in [5.74, 6) is 0. The van der Waals surface area contributed by atoms with E-state index in [4.69, 9.17) is 0 Å². The Bertz CT molecular complexity index is 18.5. The van der Waals surface area contributed by atoms with E-state index in [1.54, 1.807) is 0 Å². The maximum atomic E-state index is 3.10. The van der Waals surface area contributed by atoms with Crippen LogP contribution < -0.4 is 5.32 Å². The monoisotopic (exact) mass is 185 g/mol. The topological polar surface area (TPSA) is 12.0 Å². The van der Waals surface area contributed by atoms with Crippen LogP contribution in [0.4, 0.5) is 0 Å². The van der Waals surface area contributed by atoms with Crippen molar-refractivity contribution in [1.29, 1.82) is 0 Å². The van der Waals surface area contributed by atoms with Gasteiger partial charge in [0.2, 0.25) is 0 Å². The van der Waals surface area contributed by atoms with Crippen LogP contribution in [0.3, 0.4) is 0 Å². The second-order valence-electron chi connectivity index (χ2n) is 0.877. The summed E-state index contributed by atoms with van der Waals surface area (Å²) in [5, 5.41) is 3.03. The average Bonchev–Trinajstić information content (AvgIpc) is 1.76. The second kappa shape index (κ2) is 2.02. The molecular formula is C3H5NTe. The molecule has 0 spiro atoms. The van der Waals surface area contributed by atoms with Gasteiger partial charge in [-0.1, -0.05) is 0 Å². The molecule has 0 aromatic carbocycles. The van der Waals surface area contributed by atoms with Crippen LogP contribution in [0.25, 0.3) is 0 Å². The van der Waals surface area contributed by atoms with Gasteiger partial charge in [0.15, 0.2) is 0 Å². The molecule has 2 radical (unpaired) electrons. The first-order chi connectivity index (χ1) is 2.50. The van der Waals surface area contributed by atoms with Gasteiger partial charge < -0.3 is 0 Å². The van der Waals surface area contributed by atoms with Crippen LogP contribution >= 0.6 is 0 Å². The molecule has 1 rings (SSSR count). The number of hydrogen-bond acceptors (Lipinski definition) is 1. The van der Waals surface area contributed by atoms with Crippen molar-refractivity contribution >= 4 is 20.9 Å². The van der Waals surface area contributed by atoms with Crippen LogP contribution in [0.15, 0.2) is 0 Å². The fourth-order valence-corrected chi connectivity index (χ4v) is 1.71. The number of hydrogen-bond donors (Lipinski definition) is 1. The molecule has 28 valence electrons. The van der Waals surface area contributed by atoms with Crippen LogP contribution in [-0.2, 0) is 0 Å². The van der Waals surface area contributed by atoms with Crippen molar-refractivity contribution < 1.29 is 0 Å². The molecule has 0 atom stereocenters. The van der Waals surface area contributed by atoms with Crippen LogP contribution in [0.2, 0.25) is 4.47 Å². The van der Waals surface area contributed by atoms with Gasteiger partial charge in [-0.2, -0.15) is 0 Å². The Morgan fingerprint density at radius 2 is 2.80 bits per heavy atom. The van der Waals surface area contributed by atoms with Gasteiger partial charge in [0.25, 0.3) is 0 Å². The number of rotatable bonds is 0. The summed E-state index contributed by atoms with van der Waals surface area (Å²) in [4.78, 5) is 0. The Morgan fingerprint density at radius 1 is 1.80 bits per heavy atom. The summed E-state index contributed by atoms with van der Waals surface area (Å²) >= 11 is 0.243. The van der Waals surface area contributed by atoms with Crippen LogP contribution in [0.1, 0.15) is 0 Å². The Kier molecular flexibility index (Phi) is 1.59. The zero-order valence-electron chi connectivity index (χ0n) is 2.82. The Balaban J connectivity index is 2.08. The van der Waals surface area contributed by atoms with Gasteiger partial charge in [0.05, 0.1) is 0 Å². The molecule has 0 aliphatic carbocycles. The molecule has 0 saturated carbocycles. The van der Waals surface area contributed by atoms with E-state index in [0.29, 0.717) is 0 Å². The zero-order valence-corrected chi connectivity index (χ0v) is 5.15. The standard InChI is InChI=1S/C3H5NTe/c1-2-5-3-4-1/h4H,1-2H2. The van der Waals surface area contributed by atoms with E-state index < -0.39 is 0 Å². The Hall–Kier alpha value is 0.750. The van der Waals surface area contributed by atoms with E-state index in [1.165, 1.54) is 11.0 Å². The van der Waals surface area contributed by atoms with E-state index in [1.807, 2.05) is 0 Å². The fourth-order valence-electron chi connectivity index (χ4n) is 0.255. The van der Waals surface area contributed by atoms with E-state index in [2.05, 4.69) is 9.91 Å². The fraction of sp³-hybridized carbons (Fsp3) is 0.667. The molecule has 1 aliphatic rings. The molecule has 1 N–H and O–H groups in total. The minimum absolute atomic E-state index is 0.243. The van der Waals surface area contributed by atoms with Crippen LogP contribution in [0.5, 0.6) is 0 Å². The van der Waals surface area contributed by atoms with E-state index >= 15 is 0 Å². The summed E-state index contributed by atoms with van der Waals surface area (Å²) in [6, 6.07) is 0. The Morgan fingerprint density at radius 3 is 3.00 bits per heavy atom. The van der Waals surface area contributed by atoms with Crippen molar-refractivity contribution in [2.45, 2.75) is 4.47 Å². The van der Waals surface area contributed by atoms with Crippen LogP contribution in [0, 0.1) is 4.59 Å². The van der Waals surface area contributed by atoms with Crippen molar-refractivity contribution in [3.63, 3.8) is 0 Å². The first-order valence-electron chi connectivity index (χ1n) is 1.60. The molecule has 5 heavy (non-hydrogen) atoms. The van der Waals surface area contributed by atoms with Gasteiger partial charge in [-0.25, -0.2) is 0 Å². The van der Waals surface area contributed by atoms with Crippen molar-refractivity contribution in [2.24, 2.45) is 0 Å². The molecule has 1 saturated heterocycles. The molecule has 1 nitrogen and oxygen atoms in total. The van der Waals surface area contributed by atoms with Crippen molar-refractivity contribution in [1.82, 2.24) is 5.32 Å². The van der Waals surface area contributed by atoms with Gasteiger partial charge in [-0.3, -0.25) is 0 Å². The predicted octanol–water partition coefficient (Wildman–Crippen LogP) is -0.292. The summed E-state index contributed by atoms with van der Waals surface area (Å²) < 4.78 is 4.51. The molecule has 0 bridgehead atoms. The first-order valence-corrected chi connectivity index (χ1v) is 4.41. The molecule has 0 amide bonds. The molecule has 1 fully saturated rings. The molecule has 0 aromatic heterocycles. The second-order valence-corrected chi connectivity index (χ2v) is 3.45. The zero-order chi connectivity index (χ0) is 3.54. The third kappa shape index (κ3) is 1.09. The quantitative estimate of drug-likeness (QED) is 0.508. The molecule has 0 aromatic rings. The SMILES string of the molecule is [C]1NCC[Te]1. The summed E-state index contributed by atoms with van der Waals surface area (Å²) in [6.07, 6.45) is 0. The van der Waals surface area contributed by atoms with Gasteiger partial charge in [-0.05, 0) is 0 Å². The van der Waals surface area contributed by atoms with Crippen molar-refractivity contribution in [3.05, 3.63) is 4.59 Å². The third-order valence-electron chi connectivity index (χ3n) is 0.473. The summed E-state index contributed by atoms with van der Waals surface area (Å²) in [6.45, 7) is 1.20. The van der Waals surface area contributed by atoms with Gasteiger partial charge in [-0.15, -0.1) is 0 Å². The maximum absolute atomic E-state index is 3.10. The average molecular weight is 183 g/mol. The molecular weight excluding hydrogens is 178 g/mol. The Labute approximate surface area is 42.2 Å². The third-order valence-corrected chi connectivity index (χ3v) is 2.46. The summed E-state index contributed by atoms with van der Waals surface area (Å²) in [7, 11) is 0. The minimum atomic E-state index is 0.243. The normalized spacial score (nSPS) is 24.0.